The van der Waals surface area contributed by atoms with Crippen molar-refractivity contribution >= 4 is 21.6 Å². The van der Waals surface area contributed by atoms with Gasteiger partial charge in [-0.3, -0.25) is 4.48 Å². The average Bonchev–Trinajstić information content (AvgIpc) is 1.86. The van der Waals surface area contributed by atoms with Gasteiger partial charge in [0.1, 0.15) is 5.69 Å². The van der Waals surface area contributed by atoms with Gasteiger partial charge in [-0.1, -0.05) is 15.9 Å². The minimum absolute atomic E-state index is 0.868. The Kier molecular flexibility index (Phi) is 2.35. The van der Waals surface area contributed by atoms with Crippen LogP contribution in [0, 0.1) is 0 Å². The van der Waals surface area contributed by atoms with Gasteiger partial charge in [-0.15, -0.1) is 0 Å². The number of halogens is 1. The van der Waals surface area contributed by atoms with Gasteiger partial charge in [0.2, 0.25) is 0 Å². The fourth-order valence-corrected chi connectivity index (χ4v) is 1.15. The second kappa shape index (κ2) is 2.95. The summed E-state index contributed by atoms with van der Waals surface area (Å²) in [5, 5.41) is 0. The number of rotatable bonds is 1. The Balaban J connectivity index is 2.99. The van der Waals surface area contributed by atoms with E-state index in [9.17, 15) is 0 Å². The van der Waals surface area contributed by atoms with E-state index in [0.29, 0.717) is 0 Å². The topological polar surface area (TPSA) is 0 Å². The molecular weight excluding hydrogens is 202 g/mol. The van der Waals surface area contributed by atoms with E-state index in [4.69, 9.17) is 0 Å². The summed E-state index contributed by atoms with van der Waals surface area (Å²) in [6, 6.07) is 8.39. The SMILES string of the molecule is C[N+](C)(C)c1ccc(Br)cc1. The van der Waals surface area contributed by atoms with Crippen LogP contribution in [0.4, 0.5) is 5.69 Å². The van der Waals surface area contributed by atoms with Crippen LogP contribution in [-0.2, 0) is 0 Å². The lowest BCUT2D eigenvalue weighted by Crippen LogP contribution is -2.34. The van der Waals surface area contributed by atoms with Crippen molar-refractivity contribution < 1.29 is 0 Å². The zero-order chi connectivity index (χ0) is 8.48. The molecule has 0 aromatic heterocycles. The van der Waals surface area contributed by atoms with Gasteiger partial charge in [-0.25, -0.2) is 0 Å². The van der Waals surface area contributed by atoms with Crippen molar-refractivity contribution in [1.82, 2.24) is 4.48 Å². The van der Waals surface area contributed by atoms with Crippen molar-refractivity contribution in [1.29, 1.82) is 0 Å². The molecule has 0 saturated carbocycles. The Hall–Kier alpha value is -0.340. The maximum absolute atomic E-state index is 3.41. The molecule has 1 rings (SSSR count). The Morgan fingerprint density at radius 2 is 1.45 bits per heavy atom. The molecule has 0 fully saturated rings. The summed E-state index contributed by atoms with van der Waals surface area (Å²) in [7, 11) is 6.47. The number of hydrogen-bond acceptors (Lipinski definition) is 0. The molecule has 11 heavy (non-hydrogen) atoms. The van der Waals surface area contributed by atoms with Crippen LogP contribution in [0.2, 0.25) is 0 Å². The van der Waals surface area contributed by atoms with Crippen molar-refractivity contribution in [3.05, 3.63) is 28.7 Å². The van der Waals surface area contributed by atoms with Gasteiger partial charge in [0.15, 0.2) is 0 Å². The van der Waals surface area contributed by atoms with Crippen molar-refractivity contribution in [2.45, 2.75) is 0 Å². The van der Waals surface area contributed by atoms with E-state index in [0.717, 1.165) is 8.96 Å². The van der Waals surface area contributed by atoms with Crippen LogP contribution >= 0.6 is 15.9 Å². The average molecular weight is 215 g/mol. The largest absolute Gasteiger partial charge is 0.298 e. The van der Waals surface area contributed by atoms with E-state index >= 15 is 0 Å². The maximum atomic E-state index is 3.41. The minimum Gasteiger partial charge on any atom is -0.298 e. The molecule has 0 heterocycles. The lowest BCUT2D eigenvalue weighted by atomic mass is 10.3. The molecule has 0 aliphatic carbocycles. The quantitative estimate of drug-likeness (QED) is 0.632. The summed E-state index contributed by atoms with van der Waals surface area (Å²) in [4.78, 5) is 0. The van der Waals surface area contributed by atoms with Gasteiger partial charge in [-0.05, 0) is 12.1 Å². The molecule has 0 aliphatic rings. The zero-order valence-corrected chi connectivity index (χ0v) is 8.72. The summed E-state index contributed by atoms with van der Waals surface area (Å²) in [6.45, 7) is 0. The first-order valence-corrected chi connectivity index (χ1v) is 4.37. The van der Waals surface area contributed by atoms with E-state index in [1.165, 1.54) is 5.69 Å². The highest BCUT2D eigenvalue weighted by Gasteiger charge is 2.09. The molecule has 1 aromatic carbocycles. The third-order valence-electron chi connectivity index (χ3n) is 1.60. The van der Waals surface area contributed by atoms with E-state index in [2.05, 4.69) is 61.3 Å². The number of nitrogens with zero attached hydrogens (tertiary/aromatic N) is 1. The van der Waals surface area contributed by atoms with Gasteiger partial charge in [0.25, 0.3) is 0 Å². The van der Waals surface area contributed by atoms with Crippen LogP contribution in [-0.4, -0.2) is 21.1 Å². The van der Waals surface area contributed by atoms with Crippen LogP contribution in [0.1, 0.15) is 0 Å². The smallest absolute Gasteiger partial charge is 0.132 e. The normalized spacial score (nSPS) is 11.6. The van der Waals surface area contributed by atoms with Crippen molar-refractivity contribution in [2.24, 2.45) is 0 Å². The van der Waals surface area contributed by atoms with E-state index in [1.54, 1.807) is 0 Å². The first-order valence-electron chi connectivity index (χ1n) is 3.58. The lowest BCUT2D eigenvalue weighted by molar-refractivity contribution is 0.486. The number of benzene rings is 1. The van der Waals surface area contributed by atoms with E-state index < -0.39 is 0 Å². The Bertz CT molecular complexity index is 233. The second-order valence-corrected chi connectivity index (χ2v) is 4.40. The Morgan fingerprint density at radius 3 is 1.82 bits per heavy atom. The molecule has 0 aliphatic heterocycles. The highest BCUT2D eigenvalue weighted by molar-refractivity contribution is 9.10. The molecule has 1 nitrogen and oxygen atoms in total. The number of quaternary nitrogens is 1. The first-order chi connectivity index (χ1) is 5.00. The molecule has 1 aromatic rings. The standard InChI is InChI=1S/C9H13BrN/c1-11(2,3)9-6-4-8(10)5-7-9/h4-7H,1-3H3/q+1. The van der Waals surface area contributed by atoms with E-state index in [-0.39, 0.29) is 0 Å². The molecule has 60 valence electrons. The molecule has 0 bridgehead atoms. The second-order valence-electron chi connectivity index (χ2n) is 3.49. The minimum atomic E-state index is 0.868. The maximum Gasteiger partial charge on any atom is 0.132 e. The van der Waals surface area contributed by atoms with Crippen LogP contribution in [0.25, 0.3) is 0 Å². The lowest BCUT2D eigenvalue weighted by Gasteiger charge is -2.23. The monoisotopic (exact) mass is 214 g/mol. The van der Waals surface area contributed by atoms with Gasteiger partial charge >= 0.3 is 0 Å². The Morgan fingerprint density at radius 1 is 1.00 bits per heavy atom. The molecule has 2 heteroatoms. The zero-order valence-electron chi connectivity index (χ0n) is 7.13. The molecule has 0 amide bonds. The van der Waals surface area contributed by atoms with Crippen molar-refractivity contribution in [3.63, 3.8) is 0 Å². The third-order valence-corrected chi connectivity index (χ3v) is 2.13. The summed E-state index contributed by atoms with van der Waals surface area (Å²) >= 11 is 3.41. The third kappa shape index (κ3) is 2.31. The fourth-order valence-electron chi connectivity index (χ4n) is 0.888. The summed E-state index contributed by atoms with van der Waals surface area (Å²) in [5.74, 6) is 0. The summed E-state index contributed by atoms with van der Waals surface area (Å²) in [5.41, 5.74) is 1.31. The highest BCUT2D eigenvalue weighted by atomic mass is 79.9. The fraction of sp³-hybridized carbons (Fsp3) is 0.333. The van der Waals surface area contributed by atoms with Crippen LogP contribution in [0.3, 0.4) is 0 Å². The molecule has 0 radical (unpaired) electrons. The highest BCUT2D eigenvalue weighted by Crippen LogP contribution is 2.19. The van der Waals surface area contributed by atoms with Gasteiger partial charge in [-0.2, -0.15) is 0 Å². The van der Waals surface area contributed by atoms with Gasteiger partial charge in [0.05, 0.1) is 21.1 Å². The van der Waals surface area contributed by atoms with Crippen molar-refractivity contribution in [3.8, 4) is 0 Å². The van der Waals surface area contributed by atoms with Gasteiger partial charge < -0.3 is 0 Å². The summed E-state index contributed by atoms with van der Waals surface area (Å²) in [6.07, 6.45) is 0. The molecule has 0 atom stereocenters. The van der Waals surface area contributed by atoms with Crippen molar-refractivity contribution in [2.75, 3.05) is 21.1 Å². The molecule has 0 spiro atoms. The predicted molar refractivity (Wildman–Crippen MR) is 53.7 cm³/mol. The van der Waals surface area contributed by atoms with Crippen LogP contribution < -0.4 is 4.48 Å². The van der Waals surface area contributed by atoms with E-state index in [1.807, 2.05) is 0 Å². The van der Waals surface area contributed by atoms with Gasteiger partial charge in [0, 0.05) is 16.6 Å². The summed E-state index contributed by atoms with van der Waals surface area (Å²) < 4.78 is 2.00. The Labute approximate surface area is 76.4 Å². The van der Waals surface area contributed by atoms with Crippen LogP contribution in [0.5, 0.6) is 0 Å². The first kappa shape index (κ1) is 8.75. The van der Waals surface area contributed by atoms with Crippen LogP contribution in [0.15, 0.2) is 28.7 Å². The molecule has 0 N–H and O–H groups in total. The molecule has 0 saturated heterocycles. The molecular formula is C9H13BrN+. The molecule has 0 unspecified atom stereocenters. The number of hydrogen-bond donors (Lipinski definition) is 0. The predicted octanol–water partition coefficient (Wildman–Crippen LogP) is 2.65.